The quantitative estimate of drug-likeness (QED) is 0.566. The minimum Gasteiger partial charge on any atom is -0.467 e. The van der Waals surface area contributed by atoms with Crippen LogP contribution in [0, 0.1) is 0 Å². The molecule has 0 radical (unpaired) electrons. The highest BCUT2D eigenvalue weighted by Gasteiger charge is 2.34. The molecule has 0 aliphatic carbocycles. The monoisotopic (exact) mass is 187 g/mol. The maximum Gasteiger partial charge on any atom is 0.342 e. The largest absolute Gasteiger partial charge is 0.467 e. The molecule has 1 aliphatic rings. The van der Waals surface area contributed by atoms with Crippen LogP contribution in [0.2, 0.25) is 0 Å². The minimum atomic E-state index is -1.04. The molecule has 1 heterocycles. The van der Waals surface area contributed by atoms with Crippen LogP contribution in [0.3, 0.4) is 0 Å². The first-order valence-corrected chi connectivity index (χ1v) is 3.48. The van der Waals surface area contributed by atoms with Crippen LogP contribution in [0.1, 0.15) is 0 Å². The van der Waals surface area contributed by atoms with Crippen molar-refractivity contribution in [3.05, 3.63) is 11.8 Å². The number of esters is 2. The summed E-state index contributed by atoms with van der Waals surface area (Å²) in [5, 5.41) is 0. The molecule has 72 valence electrons. The van der Waals surface area contributed by atoms with Gasteiger partial charge in [0.1, 0.15) is 0 Å². The molecule has 13 heavy (non-hydrogen) atoms. The van der Waals surface area contributed by atoms with E-state index >= 15 is 0 Å². The highest BCUT2D eigenvalue weighted by molar-refractivity contribution is 5.97. The van der Waals surface area contributed by atoms with Gasteiger partial charge in [0.25, 0.3) is 0 Å². The number of hydrogen-bond donors (Lipinski definition) is 1. The van der Waals surface area contributed by atoms with E-state index in [-0.39, 0.29) is 5.57 Å². The second kappa shape index (κ2) is 3.90. The maximum atomic E-state index is 11.0. The standard InChI is InChI=1S/C7H9NO5/c1-11-6(9)4-3-8-13-5(4)7(10)12-2/h3,5,8H,1-2H3. The molecule has 0 spiro atoms. The normalized spacial score (nSPS) is 20.2. The first kappa shape index (κ1) is 9.53. The van der Waals surface area contributed by atoms with E-state index in [2.05, 4.69) is 15.0 Å². The summed E-state index contributed by atoms with van der Waals surface area (Å²) in [7, 11) is 2.43. The average molecular weight is 187 g/mol. The summed E-state index contributed by atoms with van der Waals surface area (Å²) in [4.78, 5) is 26.8. The molecular weight excluding hydrogens is 178 g/mol. The lowest BCUT2D eigenvalue weighted by Gasteiger charge is -2.08. The zero-order valence-corrected chi connectivity index (χ0v) is 7.20. The molecule has 0 aromatic carbocycles. The summed E-state index contributed by atoms with van der Waals surface area (Å²) in [5.41, 5.74) is 2.38. The summed E-state index contributed by atoms with van der Waals surface area (Å²) >= 11 is 0. The predicted molar refractivity (Wildman–Crippen MR) is 40.1 cm³/mol. The van der Waals surface area contributed by atoms with E-state index in [1.54, 1.807) is 0 Å². The van der Waals surface area contributed by atoms with E-state index in [9.17, 15) is 9.59 Å². The molecular formula is C7H9NO5. The van der Waals surface area contributed by atoms with Crippen LogP contribution in [-0.2, 0) is 23.9 Å². The molecule has 0 saturated heterocycles. The smallest absolute Gasteiger partial charge is 0.342 e. The Morgan fingerprint density at radius 3 is 2.69 bits per heavy atom. The van der Waals surface area contributed by atoms with Gasteiger partial charge in [-0.1, -0.05) is 0 Å². The topological polar surface area (TPSA) is 73.9 Å². The van der Waals surface area contributed by atoms with E-state index in [4.69, 9.17) is 4.84 Å². The van der Waals surface area contributed by atoms with E-state index in [0.29, 0.717) is 0 Å². The lowest BCUT2D eigenvalue weighted by molar-refractivity contribution is -0.155. The Labute approximate surface area is 74.4 Å². The molecule has 0 aromatic heterocycles. The van der Waals surface area contributed by atoms with Crippen molar-refractivity contribution in [3.63, 3.8) is 0 Å². The van der Waals surface area contributed by atoms with Gasteiger partial charge in [-0.25, -0.2) is 9.59 Å². The summed E-state index contributed by atoms with van der Waals surface area (Å²) < 4.78 is 8.83. The number of nitrogens with one attached hydrogen (secondary N) is 1. The van der Waals surface area contributed by atoms with Gasteiger partial charge in [0.05, 0.1) is 19.8 Å². The van der Waals surface area contributed by atoms with Gasteiger partial charge in [-0.15, -0.1) is 0 Å². The summed E-state index contributed by atoms with van der Waals surface area (Å²) in [6, 6.07) is 0. The third-order valence-electron chi connectivity index (χ3n) is 1.52. The predicted octanol–water partition coefficient (Wildman–Crippen LogP) is -0.880. The molecule has 1 rings (SSSR count). The van der Waals surface area contributed by atoms with Gasteiger partial charge in [0.15, 0.2) is 0 Å². The number of rotatable bonds is 2. The highest BCUT2D eigenvalue weighted by atomic mass is 16.7. The Bertz CT molecular complexity index is 260. The minimum absolute atomic E-state index is 0.0920. The molecule has 6 heteroatoms. The number of methoxy groups -OCH3 is 2. The van der Waals surface area contributed by atoms with Crippen molar-refractivity contribution >= 4 is 11.9 Å². The summed E-state index contributed by atoms with van der Waals surface area (Å²) in [6.07, 6.45) is 0.213. The molecule has 1 atom stereocenters. The molecule has 0 saturated carbocycles. The second-order valence-corrected chi connectivity index (χ2v) is 2.23. The van der Waals surface area contributed by atoms with Crippen LogP contribution in [0.15, 0.2) is 11.8 Å². The number of hydroxylamine groups is 1. The Hall–Kier alpha value is -1.56. The zero-order chi connectivity index (χ0) is 9.84. The molecule has 6 nitrogen and oxygen atoms in total. The van der Waals surface area contributed by atoms with Crippen molar-refractivity contribution in [3.8, 4) is 0 Å². The van der Waals surface area contributed by atoms with E-state index in [1.807, 2.05) is 0 Å². The lowest BCUT2D eigenvalue weighted by Crippen LogP contribution is -2.29. The molecule has 0 fully saturated rings. The molecule has 0 bridgehead atoms. The number of hydrogen-bond acceptors (Lipinski definition) is 6. The van der Waals surface area contributed by atoms with Gasteiger partial charge < -0.3 is 9.47 Å². The van der Waals surface area contributed by atoms with Crippen molar-refractivity contribution in [2.75, 3.05) is 14.2 Å². The van der Waals surface area contributed by atoms with Crippen molar-refractivity contribution < 1.29 is 23.9 Å². The zero-order valence-electron chi connectivity index (χ0n) is 7.20. The fourth-order valence-corrected chi connectivity index (χ4v) is 0.871. The van der Waals surface area contributed by atoms with E-state index in [1.165, 1.54) is 20.4 Å². The number of carbonyl (C=O) groups is 2. The summed E-state index contributed by atoms with van der Waals surface area (Å²) in [5.74, 6) is -1.28. The molecule has 0 aromatic rings. The molecule has 1 unspecified atom stereocenters. The van der Waals surface area contributed by atoms with Crippen LogP contribution < -0.4 is 5.48 Å². The molecule has 1 N–H and O–H groups in total. The van der Waals surface area contributed by atoms with Gasteiger partial charge in [-0.3, -0.25) is 10.3 Å². The Morgan fingerprint density at radius 1 is 1.46 bits per heavy atom. The lowest BCUT2D eigenvalue weighted by atomic mass is 10.2. The van der Waals surface area contributed by atoms with Gasteiger partial charge in [0, 0.05) is 6.20 Å². The second-order valence-electron chi connectivity index (χ2n) is 2.23. The molecule has 1 aliphatic heterocycles. The van der Waals surface area contributed by atoms with Crippen molar-refractivity contribution in [2.24, 2.45) is 0 Å². The Morgan fingerprint density at radius 2 is 2.15 bits per heavy atom. The van der Waals surface area contributed by atoms with Crippen molar-refractivity contribution in [1.82, 2.24) is 5.48 Å². The van der Waals surface area contributed by atoms with E-state index in [0.717, 1.165) is 0 Å². The molecule has 0 amide bonds. The summed E-state index contributed by atoms with van der Waals surface area (Å²) in [6.45, 7) is 0. The highest BCUT2D eigenvalue weighted by Crippen LogP contribution is 2.13. The third kappa shape index (κ3) is 1.78. The SMILES string of the molecule is COC(=O)C1=CNOC1C(=O)OC. The maximum absolute atomic E-state index is 11.0. The fraction of sp³-hybridized carbons (Fsp3) is 0.429. The fourth-order valence-electron chi connectivity index (χ4n) is 0.871. The first-order valence-electron chi connectivity index (χ1n) is 3.48. The average Bonchev–Trinajstić information content (AvgIpc) is 2.63. The van der Waals surface area contributed by atoms with Crippen LogP contribution in [0.4, 0.5) is 0 Å². The number of ether oxygens (including phenoxy) is 2. The Balaban J connectivity index is 2.73. The van der Waals surface area contributed by atoms with Crippen molar-refractivity contribution in [2.45, 2.75) is 6.10 Å². The van der Waals surface area contributed by atoms with Gasteiger partial charge in [-0.05, 0) is 0 Å². The van der Waals surface area contributed by atoms with Crippen molar-refractivity contribution in [1.29, 1.82) is 0 Å². The van der Waals surface area contributed by atoms with Crippen LogP contribution in [0.25, 0.3) is 0 Å². The third-order valence-corrected chi connectivity index (χ3v) is 1.52. The van der Waals surface area contributed by atoms with Crippen LogP contribution in [-0.4, -0.2) is 32.3 Å². The van der Waals surface area contributed by atoms with Gasteiger partial charge >= 0.3 is 11.9 Å². The number of carbonyl (C=O) groups excluding carboxylic acids is 2. The van der Waals surface area contributed by atoms with E-state index < -0.39 is 18.0 Å². The van der Waals surface area contributed by atoms with Crippen LogP contribution >= 0.6 is 0 Å². The Kier molecular flexibility index (Phi) is 2.86. The first-order chi connectivity index (χ1) is 6.20. The van der Waals surface area contributed by atoms with Crippen LogP contribution in [0.5, 0.6) is 0 Å². The van der Waals surface area contributed by atoms with Gasteiger partial charge in [-0.2, -0.15) is 0 Å². The van der Waals surface area contributed by atoms with Gasteiger partial charge in [0.2, 0.25) is 6.10 Å².